The molecular formula is C17H18ClFN2O2. The lowest BCUT2D eigenvalue weighted by Gasteiger charge is -2.15. The third-order valence-electron chi connectivity index (χ3n) is 4.62. The van der Waals surface area contributed by atoms with E-state index in [9.17, 15) is 9.18 Å². The lowest BCUT2D eigenvalue weighted by Crippen LogP contribution is -2.31. The van der Waals surface area contributed by atoms with Crippen molar-refractivity contribution < 1.29 is 13.6 Å². The van der Waals surface area contributed by atoms with Gasteiger partial charge in [-0.15, -0.1) is 12.4 Å². The van der Waals surface area contributed by atoms with Crippen molar-refractivity contribution in [3.63, 3.8) is 0 Å². The average molecular weight is 337 g/mol. The van der Waals surface area contributed by atoms with Crippen LogP contribution in [0.4, 0.5) is 4.39 Å². The third kappa shape index (κ3) is 2.99. The molecule has 0 unspecified atom stereocenters. The van der Waals surface area contributed by atoms with Gasteiger partial charge in [0.1, 0.15) is 11.6 Å². The van der Waals surface area contributed by atoms with Crippen molar-refractivity contribution in [2.24, 2.45) is 11.8 Å². The maximum absolute atomic E-state index is 13.0. The molecule has 0 saturated carbocycles. The molecule has 0 aliphatic carbocycles. The van der Waals surface area contributed by atoms with E-state index in [1.165, 1.54) is 12.1 Å². The van der Waals surface area contributed by atoms with Crippen molar-refractivity contribution in [3.05, 3.63) is 48.0 Å². The largest absolute Gasteiger partial charge is 0.451 e. The lowest BCUT2D eigenvalue weighted by molar-refractivity contribution is 0.0751. The zero-order valence-corrected chi connectivity index (χ0v) is 13.3. The Kier molecular flexibility index (Phi) is 4.41. The molecule has 2 saturated heterocycles. The van der Waals surface area contributed by atoms with Crippen LogP contribution in [0.5, 0.6) is 0 Å². The SMILES string of the molecule is Cl.O=C(c1ccc(-c2ccc(F)cc2)o1)N1C[C@H]2CNC[C@H]2C1. The summed E-state index contributed by atoms with van der Waals surface area (Å²) < 4.78 is 18.6. The summed E-state index contributed by atoms with van der Waals surface area (Å²) in [6.07, 6.45) is 0. The average Bonchev–Trinajstić information content (AvgIpc) is 3.22. The molecule has 0 radical (unpaired) electrons. The standard InChI is InChI=1S/C17H17FN2O2.ClH/c18-14-3-1-11(2-4-14)15-5-6-16(22-15)17(21)20-9-12-7-19-8-13(12)10-20;/h1-6,12-13,19H,7-10H2;1H/t12-,13+;. The molecule has 23 heavy (non-hydrogen) atoms. The number of amides is 1. The van der Waals surface area contributed by atoms with Crippen molar-refractivity contribution in [1.29, 1.82) is 0 Å². The first-order valence-electron chi connectivity index (χ1n) is 7.56. The van der Waals surface area contributed by atoms with Gasteiger partial charge in [0.15, 0.2) is 5.76 Å². The van der Waals surface area contributed by atoms with Crippen LogP contribution in [0.25, 0.3) is 11.3 Å². The first kappa shape index (κ1) is 16.0. The Bertz CT molecular complexity index is 689. The second-order valence-corrected chi connectivity index (χ2v) is 6.06. The number of fused-ring (bicyclic) bond motifs is 1. The van der Waals surface area contributed by atoms with Crippen LogP contribution in [-0.4, -0.2) is 37.0 Å². The molecule has 2 fully saturated rings. The van der Waals surface area contributed by atoms with Crippen LogP contribution in [-0.2, 0) is 0 Å². The molecule has 2 aliphatic heterocycles. The van der Waals surface area contributed by atoms with Gasteiger partial charge >= 0.3 is 0 Å². The summed E-state index contributed by atoms with van der Waals surface area (Å²) >= 11 is 0. The van der Waals surface area contributed by atoms with E-state index < -0.39 is 0 Å². The van der Waals surface area contributed by atoms with Gasteiger partial charge in [0.2, 0.25) is 0 Å². The molecule has 1 N–H and O–H groups in total. The molecule has 4 rings (SSSR count). The number of halogens is 2. The Balaban J connectivity index is 0.00000156. The van der Waals surface area contributed by atoms with Crippen LogP contribution >= 0.6 is 12.4 Å². The molecule has 0 spiro atoms. The van der Waals surface area contributed by atoms with Crippen LogP contribution < -0.4 is 5.32 Å². The number of rotatable bonds is 2. The number of furan rings is 1. The minimum absolute atomic E-state index is 0. The minimum atomic E-state index is -0.288. The summed E-state index contributed by atoms with van der Waals surface area (Å²) in [5, 5.41) is 3.36. The molecule has 6 heteroatoms. The fourth-order valence-corrected chi connectivity index (χ4v) is 3.40. The van der Waals surface area contributed by atoms with Crippen molar-refractivity contribution in [3.8, 4) is 11.3 Å². The van der Waals surface area contributed by atoms with Gasteiger partial charge in [-0.1, -0.05) is 0 Å². The molecule has 3 heterocycles. The highest BCUT2D eigenvalue weighted by atomic mass is 35.5. The Labute approximate surface area is 140 Å². The number of carbonyl (C=O) groups excluding carboxylic acids is 1. The van der Waals surface area contributed by atoms with Gasteiger partial charge < -0.3 is 14.6 Å². The smallest absolute Gasteiger partial charge is 0.289 e. The first-order valence-corrected chi connectivity index (χ1v) is 7.56. The molecule has 4 nitrogen and oxygen atoms in total. The molecule has 2 atom stereocenters. The number of likely N-dealkylation sites (tertiary alicyclic amines) is 1. The van der Waals surface area contributed by atoms with Crippen molar-refractivity contribution in [2.45, 2.75) is 0 Å². The van der Waals surface area contributed by atoms with Crippen LogP contribution in [0.3, 0.4) is 0 Å². The Morgan fingerprint density at radius 2 is 1.74 bits per heavy atom. The van der Waals surface area contributed by atoms with Crippen LogP contribution in [0.2, 0.25) is 0 Å². The van der Waals surface area contributed by atoms with E-state index in [0.717, 1.165) is 31.7 Å². The molecule has 2 aromatic rings. The maximum atomic E-state index is 13.0. The monoisotopic (exact) mass is 336 g/mol. The molecular weight excluding hydrogens is 319 g/mol. The summed E-state index contributed by atoms with van der Waals surface area (Å²) in [5.41, 5.74) is 0.767. The maximum Gasteiger partial charge on any atom is 0.289 e. The predicted molar refractivity (Wildman–Crippen MR) is 87.1 cm³/mol. The van der Waals surface area contributed by atoms with Gasteiger partial charge in [-0.2, -0.15) is 0 Å². The van der Waals surface area contributed by atoms with Gasteiger partial charge in [-0.25, -0.2) is 4.39 Å². The normalized spacial score (nSPS) is 22.7. The van der Waals surface area contributed by atoms with Crippen LogP contribution in [0.1, 0.15) is 10.6 Å². The number of nitrogens with one attached hydrogen (secondary N) is 1. The minimum Gasteiger partial charge on any atom is -0.451 e. The zero-order valence-electron chi connectivity index (χ0n) is 12.5. The van der Waals surface area contributed by atoms with Gasteiger partial charge in [0.05, 0.1) is 0 Å². The first-order chi connectivity index (χ1) is 10.7. The number of carbonyl (C=O) groups is 1. The third-order valence-corrected chi connectivity index (χ3v) is 4.62. The van der Waals surface area contributed by atoms with E-state index >= 15 is 0 Å². The van der Waals surface area contributed by atoms with Gasteiger partial charge in [-0.05, 0) is 48.2 Å². The van der Waals surface area contributed by atoms with E-state index in [2.05, 4.69) is 5.32 Å². The highest BCUT2D eigenvalue weighted by Gasteiger charge is 2.38. The number of hydrogen-bond donors (Lipinski definition) is 1. The molecule has 122 valence electrons. The van der Waals surface area contributed by atoms with E-state index in [1.54, 1.807) is 24.3 Å². The van der Waals surface area contributed by atoms with Crippen molar-refractivity contribution in [1.82, 2.24) is 10.2 Å². The molecule has 0 bridgehead atoms. The predicted octanol–water partition coefficient (Wildman–Crippen LogP) is 2.80. The highest BCUT2D eigenvalue weighted by Crippen LogP contribution is 2.29. The molecule has 2 aliphatic rings. The fraction of sp³-hybridized carbons (Fsp3) is 0.353. The van der Waals surface area contributed by atoms with Gasteiger partial charge in [0.25, 0.3) is 5.91 Å². The van der Waals surface area contributed by atoms with E-state index in [-0.39, 0.29) is 24.1 Å². The highest BCUT2D eigenvalue weighted by molar-refractivity contribution is 5.92. The van der Waals surface area contributed by atoms with Gasteiger partial charge in [0, 0.05) is 31.7 Å². The Morgan fingerprint density at radius 3 is 2.39 bits per heavy atom. The van der Waals surface area contributed by atoms with E-state index in [1.807, 2.05) is 4.90 Å². The fourth-order valence-electron chi connectivity index (χ4n) is 3.40. The topological polar surface area (TPSA) is 45.5 Å². The number of nitrogens with zero attached hydrogens (tertiary/aromatic N) is 1. The number of benzene rings is 1. The van der Waals surface area contributed by atoms with E-state index in [0.29, 0.717) is 23.4 Å². The molecule has 1 aromatic heterocycles. The number of hydrogen-bond acceptors (Lipinski definition) is 3. The van der Waals surface area contributed by atoms with E-state index in [4.69, 9.17) is 4.42 Å². The summed E-state index contributed by atoms with van der Waals surface area (Å²) in [4.78, 5) is 14.4. The van der Waals surface area contributed by atoms with Crippen molar-refractivity contribution in [2.75, 3.05) is 26.2 Å². The Hall–Kier alpha value is -1.85. The molecule has 1 amide bonds. The quantitative estimate of drug-likeness (QED) is 0.917. The molecule has 1 aromatic carbocycles. The summed E-state index contributed by atoms with van der Waals surface area (Å²) in [7, 11) is 0. The second kappa shape index (κ2) is 6.34. The second-order valence-electron chi connectivity index (χ2n) is 6.06. The summed E-state index contributed by atoms with van der Waals surface area (Å²) in [5.74, 6) is 1.73. The van der Waals surface area contributed by atoms with Crippen LogP contribution in [0.15, 0.2) is 40.8 Å². The Morgan fingerprint density at radius 1 is 1.09 bits per heavy atom. The van der Waals surface area contributed by atoms with Gasteiger partial charge in [-0.3, -0.25) is 4.79 Å². The van der Waals surface area contributed by atoms with Crippen LogP contribution in [0, 0.1) is 17.7 Å². The van der Waals surface area contributed by atoms with Crippen molar-refractivity contribution >= 4 is 18.3 Å². The zero-order chi connectivity index (χ0) is 15.1. The summed E-state index contributed by atoms with van der Waals surface area (Å²) in [6, 6.07) is 9.52. The lowest BCUT2D eigenvalue weighted by atomic mass is 10.0. The summed E-state index contributed by atoms with van der Waals surface area (Å²) in [6.45, 7) is 3.58.